The smallest absolute Gasteiger partial charge is 0.344 e. The molecule has 1 atom stereocenters. The van der Waals surface area contributed by atoms with Crippen molar-refractivity contribution >= 4 is 35.0 Å². The van der Waals surface area contributed by atoms with Crippen LogP contribution in [0.1, 0.15) is 43.5 Å². The fourth-order valence-electron chi connectivity index (χ4n) is 4.88. The van der Waals surface area contributed by atoms with Crippen molar-refractivity contribution in [3.63, 3.8) is 0 Å². The molecule has 2 heterocycles. The molecule has 5 rings (SSSR count). The van der Waals surface area contributed by atoms with Crippen molar-refractivity contribution in [2.75, 3.05) is 26.4 Å². The minimum atomic E-state index is -0.811. The monoisotopic (exact) mass is 612 g/mol. The lowest BCUT2D eigenvalue weighted by Crippen LogP contribution is -2.40. The highest BCUT2D eigenvalue weighted by atomic mass is 32.1. The molecule has 1 aromatic heterocycles. The van der Waals surface area contributed by atoms with E-state index < -0.39 is 18.0 Å². The SMILES string of the molecule is CCOC(=O)COc1ccccc1/C=c1\sc2n(c1=O)[C@@H](c1ccc(OCC)cc1)C(C(=O)OCC)=C(c1ccccc1)N=2. The van der Waals surface area contributed by atoms with Crippen LogP contribution >= 0.6 is 11.3 Å². The number of para-hydroxylation sites is 1. The zero-order chi connectivity index (χ0) is 31.1. The summed E-state index contributed by atoms with van der Waals surface area (Å²) in [6, 6.07) is 23.0. The number of thiazole rings is 1. The number of aromatic nitrogens is 1. The Bertz CT molecular complexity index is 1860. The number of nitrogens with zero attached hydrogens (tertiary/aromatic N) is 2. The van der Waals surface area contributed by atoms with Crippen LogP contribution in [0.2, 0.25) is 0 Å². The van der Waals surface area contributed by atoms with Crippen LogP contribution in [0.25, 0.3) is 11.8 Å². The third-order valence-electron chi connectivity index (χ3n) is 6.74. The topological polar surface area (TPSA) is 105 Å². The Hall–Kier alpha value is -4.96. The van der Waals surface area contributed by atoms with Gasteiger partial charge in [0.1, 0.15) is 11.5 Å². The van der Waals surface area contributed by atoms with Gasteiger partial charge in [-0.1, -0.05) is 72.0 Å². The minimum Gasteiger partial charge on any atom is -0.494 e. The number of rotatable bonds is 11. The maximum absolute atomic E-state index is 14.2. The van der Waals surface area contributed by atoms with Crippen molar-refractivity contribution in [2.24, 2.45) is 4.99 Å². The van der Waals surface area contributed by atoms with Gasteiger partial charge in [0.2, 0.25) is 0 Å². The van der Waals surface area contributed by atoms with E-state index in [1.54, 1.807) is 38.1 Å². The second kappa shape index (κ2) is 14.0. The Kier molecular flexibility index (Phi) is 9.71. The van der Waals surface area contributed by atoms with Gasteiger partial charge in [0, 0.05) is 11.1 Å². The Morgan fingerprint density at radius 2 is 1.57 bits per heavy atom. The number of hydrogen-bond acceptors (Lipinski definition) is 9. The number of carbonyl (C=O) groups excluding carboxylic acids is 2. The van der Waals surface area contributed by atoms with Crippen molar-refractivity contribution in [3.8, 4) is 11.5 Å². The number of carbonyl (C=O) groups is 2. The lowest BCUT2D eigenvalue weighted by atomic mass is 9.93. The average molecular weight is 613 g/mol. The van der Waals surface area contributed by atoms with Crippen LogP contribution in [0.5, 0.6) is 11.5 Å². The van der Waals surface area contributed by atoms with E-state index in [4.69, 9.17) is 23.9 Å². The zero-order valence-electron chi connectivity index (χ0n) is 24.6. The van der Waals surface area contributed by atoms with Crippen LogP contribution in [0.4, 0.5) is 0 Å². The molecular formula is C34H32N2O7S. The van der Waals surface area contributed by atoms with Gasteiger partial charge >= 0.3 is 11.9 Å². The normalized spacial score (nSPS) is 14.4. The highest BCUT2D eigenvalue weighted by Gasteiger charge is 2.35. The summed E-state index contributed by atoms with van der Waals surface area (Å²) in [5.74, 6) is 0.0533. The summed E-state index contributed by atoms with van der Waals surface area (Å²) in [5, 5.41) is 0. The average Bonchev–Trinajstić information content (AvgIpc) is 3.35. The molecule has 226 valence electrons. The molecule has 0 fully saturated rings. The first-order valence-electron chi connectivity index (χ1n) is 14.3. The van der Waals surface area contributed by atoms with Gasteiger partial charge in [-0.25, -0.2) is 14.6 Å². The Balaban J connectivity index is 1.71. The molecule has 0 saturated heterocycles. The Morgan fingerprint density at radius 1 is 0.864 bits per heavy atom. The molecule has 4 aromatic rings. The summed E-state index contributed by atoms with van der Waals surface area (Å²) < 4.78 is 23.8. The van der Waals surface area contributed by atoms with E-state index in [9.17, 15) is 14.4 Å². The number of esters is 2. The van der Waals surface area contributed by atoms with E-state index in [0.29, 0.717) is 44.3 Å². The molecule has 0 radical (unpaired) electrons. The van der Waals surface area contributed by atoms with Gasteiger partial charge in [0.05, 0.1) is 41.7 Å². The molecule has 1 aliphatic rings. The minimum absolute atomic E-state index is 0.160. The second-order valence-electron chi connectivity index (χ2n) is 9.57. The van der Waals surface area contributed by atoms with Gasteiger partial charge in [0.25, 0.3) is 5.56 Å². The highest BCUT2D eigenvalue weighted by molar-refractivity contribution is 7.07. The molecule has 9 nitrogen and oxygen atoms in total. The fourth-order valence-corrected chi connectivity index (χ4v) is 5.87. The molecule has 0 unspecified atom stereocenters. The molecule has 0 aliphatic carbocycles. The van der Waals surface area contributed by atoms with Crippen LogP contribution in [-0.2, 0) is 19.1 Å². The Morgan fingerprint density at radius 3 is 2.27 bits per heavy atom. The van der Waals surface area contributed by atoms with Crippen molar-refractivity contribution in [3.05, 3.63) is 121 Å². The molecule has 0 spiro atoms. The molecule has 0 bridgehead atoms. The first kappa shape index (κ1) is 30.5. The fraction of sp³-hybridized carbons (Fsp3) is 0.235. The van der Waals surface area contributed by atoms with Crippen molar-refractivity contribution < 1.29 is 28.5 Å². The van der Waals surface area contributed by atoms with Gasteiger partial charge in [-0.15, -0.1) is 0 Å². The molecular weight excluding hydrogens is 580 g/mol. The lowest BCUT2D eigenvalue weighted by Gasteiger charge is -2.26. The largest absolute Gasteiger partial charge is 0.494 e. The second-order valence-corrected chi connectivity index (χ2v) is 10.6. The summed E-state index contributed by atoms with van der Waals surface area (Å²) in [4.78, 5) is 45.0. The van der Waals surface area contributed by atoms with Crippen LogP contribution in [-0.4, -0.2) is 42.9 Å². The highest BCUT2D eigenvalue weighted by Crippen LogP contribution is 2.35. The van der Waals surface area contributed by atoms with E-state index in [1.165, 1.54) is 15.9 Å². The van der Waals surface area contributed by atoms with E-state index in [0.717, 1.165) is 5.56 Å². The van der Waals surface area contributed by atoms with Gasteiger partial charge in [-0.05, 0) is 50.6 Å². The van der Waals surface area contributed by atoms with Gasteiger partial charge in [-0.2, -0.15) is 0 Å². The van der Waals surface area contributed by atoms with E-state index in [1.807, 2.05) is 67.6 Å². The number of hydrogen-bond donors (Lipinski definition) is 0. The zero-order valence-corrected chi connectivity index (χ0v) is 25.5. The van der Waals surface area contributed by atoms with Crippen LogP contribution in [0, 0.1) is 0 Å². The summed E-state index contributed by atoms with van der Waals surface area (Å²) in [7, 11) is 0. The third kappa shape index (κ3) is 6.50. The predicted octanol–water partition coefficient (Wildman–Crippen LogP) is 4.28. The number of ether oxygens (including phenoxy) is 4. The van der Waals surface area contributed by atoms with E-state index in [-0.39, 0.29) is 31.0 Å². The number of fused-ring (bicyclic) bond motifs is 1. The van der Waals surface area contributed by atoms with Crippen molar-refractivity contribution in [1.82, 2.24) is 4.57 Å². The summed E-state index contributed by atoms with van der Waals surface area (Å²) in [6.45, 7) is 6.02. The van der Waals surface area contributed by atoms with Gasteiger partial charge in [0.15, 0.2) is 11.4 Å². The lowest BCUT2D eigenvalue weighted by molar-refractivity contribution is -0.145. The summed E-state index contributed by atoms with van der Waals surface area (Å²) in [5.41, 5.74) is 2.40. The first-order chi connectivity index (χ1) is 21.4. The molecule has 3 aromatic carbocycles. The standard InChI is InChI=1S/C34H32N2O7S/c1-4-40-25-18-16-23(17-19-25)31-29(33(39)42-6-3)30(22-12-8-7-9-13-22)35-34-36(31)32(38)27(44-34)20-24-14-10-11-15-26(24)43-21-28(37)41-5-2/h7-20,31H,4-6,21H2,1-3H3/b27-20-/t31-/m0/s1. The molecule has 44 heavy (non-hydrogen) atoms. The molecule has 0 N–H and O–H groups in total. The van der Waals surface area contributed by atoms with Crippen molar-refractivity contribution in [2.45, 2.75) is 26.8 Å². The van der Waals surface area contributed by atoms with Gasteiger partial charge in [-0.3, -0.25) is 9.36 Å². The predicted molar refractivity (Wildman–Crippen MR) is 167 cm³/mol. The molecule has 1 aliphatic heterocycles. The Labute approximate surface area is 258 Å². The first-order valence-corrected chi connectivity index (χ1v) is 15.1. The third-order valence-corrected chi connectivity index (χ3v) is 7.72. The molecule has 10 heteroatoms. The van der Waals surface area contributed by atoms with Crippen molar-refractivity contribution in [1.29, 1.82) is 0 Å². The van der Waals surface area contributed by atoms with Crippen LogP contribution in [0.15, 0.2) is 94.2 Å². The molecule has 0 saturated carbocycles. The quantitative estimate of drug-likeness (QED) is 0.233. The maximum Gasteiger partial charge on any atom is 0.344 e. The van der Waals surface area contributed by atoms with Gasteiger partial charge < -0.3 is 18.9 Å². The summed E-state index contributed by atoms with van der Waals surface area (Å²) in [6.07, 6.45) is 1.70. The van der Waals surface area contributed by atoms with E-state index in [2.05, 4.69) is 0 Å². The maximum atomic E-state index is 14.2. The van der Waals surface area contributed by atoms with Crippen LogP contribution < -0.4 is 24.4 Å². The number of benzene rings is 3. The van der Waals surface area contributed by atoms with Crippen LogP contribution in [0.3, 0.4) is 0 Å². The molecule has 0 amide bonds. The van der Waals surface area contributed by atoms with E-state index >= 15 is 0 Å². The summed E-state index contributed by atoms with van der Waals surface area (Å²) >= 11 is 1.20.